The molecule has 7 nitrogen and oxygen atoms in total. The topological polar surface area (TPSA) is 91.2 Å². The van der Waals surface area contributed by atoms with E-state index in [1.807, 2.05) is 0 Å². The summed E-state index contributed by atoms with van der Waals surface area (Å²) in [7, 11) is 1.22. The second kappa shape index (κ2) is 8.48. The van der Waals surface area contributed by atoms with Crippen LogP contribution in [-0.4, -0.2) is 41.7 Å². The van der Waals surface area contributed by atoms with Crippen molar-refractivity contribution in [3.05, 3.63) is 65.0 Å². The zero-order chi connectivity index (χ0) is 20.9. The van der Waals surface area contributed by atoms with Gasteiger partial charge in [-0.1, -0.05) is 6.07 Å². The first-order chi connectivity index (χ1) is 13.1. The molecule has 148 valence electrons. The normalized spacial score (nSPS) is 11.4. The number of hydrogen-bond acceptors (Lipinski definition) is 5. The summed E-state index contributed by atoms with van der Waals surface area (Å²) in [5.41, 5.74) is 1.03. The van der Waals surface area contributed by atoms with Crippen molar-refractivity contribution < 1.29 is 37.1 Å². The van der Waals surface area contributed by atoms with Crippen LogP contribution in [0.4, 0.5) is 17.6 Å². The minimum Gasteiger partial charge on any atom is -0.406 e. The Morgan fingerprint density at radius 2 is 1.89 bits per heavy atom. The Kier molecular flexibility index (Phi) is 6.31. The standard InChI is InChI=1S/C17H13F4N3O4/c1-24(16(26)11-3-2-4-13(7-11)28-17(19,20)21)22-9-12-6-5-10(8-14(12)18)15(25)23-27/h2-9,27H,1H3,(H,23,25)/b22-9+. The second-order valence-electron chi connectivity index (χ2n) is 5.33. The highest BCUT2D eigenvalue weighted by Crippen LogP contribution is 2.23. The highest BCUT2D eigenvalue weighted by atomic mass is 19.4. The van der Waals surface area contributed by atoms with E-state index in [1.165, 1.54) is 36.8 Å². The average molecular weight is 399 g/mol. The third-order valence-corrected chi connectivity index (χ3v) is 3.34. The van der Waals surface area contributed by atoms with E-state index in [9.17, 15) is 27.2 Å². The number of hydrazone groups is 1. The number of carbonyl (C=O) groups excluding carboxylic acids is 2. The highest BCUT2D eigenvalue weighted by molar-refractivity contribution is 5.96. The number of nitrogens with zero attached hydrogens (tertiary/aromatic N) is 2. The number of hydroxylamine groups is 1. The molecular formula is C17H13F4N3O4. The minimum atomic E-state index is -4.90. The van der Waals surface area contributed by atoms with Gasteiger partial charge in [0.2, 0.25) is 0 Å². The number of amides is 2. The maximum atomic E-state index is 14.0. The molecule has 0 bridgehead atoms. The van der Waals surface area contributed by atoms with Crippen molar-refractivity contribution >= 4 is 18.0 Å². The summed E-state index contributed by atoms with van der Waals surface area (Å²) in [5.74, 6) is -3.08. The fraction of sp³-hybridized carbons (Fsp3) is 0.118. The molecule has 0 unspecified atom stereocenters. The Labute approximate surface area is 155 Å². The molecule has 2 N–H and O–H groups in total. The van der Waals surface area contributed by atoms with E-state index in [1.54, 1.807) is 0 Å². The number of ether oxygens (including phenoxy) is 1. The van der Waals surface area contributed by atoms with E-state index in [-0.39, 0.29) is 16.7 Å². The quantitative estimate of drug-likeness (QED) is 0.350. The van der Waals surface area contributed by atoms with Crippen LogP contribution in [0.25, 0.3) is 0 Å². The summed E-state index contributed by atoms with van der Waals surface area (Å²) in [4.78, 5) is 23.5. The molecule has 0 aromatic heterocycles. The van der Waals surface area contributed by atoms with E-state index < -0.39 is 29.7 Å². The van der Waals surface area contributed by atoms with Crippen molar-refractivity contribution in [1.29, 1.82) is 0 Å². The first-order valence-corrected chi connectivity index (χ1v) is 7.52. The van der Waals surface area contributed by atoms with Crippen LogP contribution in [0.15, 0.2) is 47.6 Å². The first-order valence-electron chi connectivity index (χ1n) is 7.52. The molecule has 2 rings (SSSR count). The lowest BCUT2D eigenvalue weighted by Gasteiger charge is -2.13. The molecule has 0 aliphatic heterocycles. The van der Waals surface area contributed by atoms with Gasteiger partial charge >= 0.3 is 6.36 Å². The zero-order valence-electron chi connectivity index (χ0n) is 14.2. The van der Waals surface area contributed by atoms with Crippen molar-refractivity contribution in [1.82, 2.24) is 10.5 Å². The van der Waals surface area contributed by atoms with Crippen LogP contribution in [0.1, 0.15) is 26.3 Å². The van der Waals surface area contributed by atoms with Crippen molar-refractivity contribution in [2.75, 3.05) is 7.05 Å². The van der Waals surface area contributed by atoms with Gasteiger partial charge in [-0.15, -0.1) is 13.2 Å². The monoisotopic (exact) mass is 399 g/mol. The number of carbonyl (C=O) groups is 2. The smallest absolute Gasteiger partial charge is 0.406 e. The largest absolute Gasteiger partial charge is 0.573 e. The van der Waals surface area contributed by atoms with Gasteiger partial charge in [0, 0.05) is 23.7 Å². The molecule has 28 heavy (non-hydrogen) atoms. The molecule has 0 heterocycles. The molecule has 0 spiro atoms. The van der Waals surface area contributed by atoms with Crippen LogP contribution in [0.5, 0.6) is 5.75 Å². The number of benzene rings is 2. The molecular weight excluding hydrogens is 386 g/mol. The molecule has 0 aliphatic rings. The Balaban J connectivity index is 2.14. The van der Waals surface area contributed by atoms with E-state index >= 15 is 0 Å². The van der Waals surface area contributed by atoms with E-state index in [0.717, 1.165) is 29.4 Å². The minimum absolute atomic E-state index is 0.0664. The second-order valence-corrected chi connectivity index (χ2v) is 5.33. The SMILES string of the molecule is CN(/N=C/c1ccc(C(=O)NO)cc1F)C(=O)c1cccc(OC(F)(F)F)c1. The van der Waals surface area contributed by atoms with Crippen molar-refractivity contribution in [3.8, 4) is 5.75 Å². The summed E-state index contributed by atoms with van der Waals surface area (Å²) < 4.78 is 54.5. The fourth-order valence-corrected chi connectivity index (χ4v) is 2.05. The predicted octanol–water partition coefficient (Wildman–Crippen LogP) is 2.95. The maximum absolute atomic E-state index is 14.0. The third kappa shape index (κ3) is 5.51. The fourth-order valence-electron chi connectivity index (χ4n) is 2.05. The van der Waals surface area contributed by atoms with Gasteiger partial charge in [0.05, 0.1) is 6.21 Å². The Morgan fingerprint density at radius 1 is 1.18 bits per heavy atom. The van der Waals surface area contributed by atoms with Gasteiger partial charge in [0.15, 0.2) is 0 Å². The molecule has 0 saturated carbocycles. The van der Waals surface area contributed by atoms with Crippen LogP contribution in [-0.2, 0) is 0 Å². The lowest BCUT2D eigenvalue weighted by molar-refractivity contribution is -0.274. The van der Waals surface area contributed by atoms with Gasteiger partial charge in [0.1, 0.15) is 11.6 Å². The summed E-state index contributed by atoms with van der Waals surface area (Å²) in [6, 6.07) is 7.66. The molecule has 0 radical (unpaired) electrons. The molecule has 0 atom stereocenters. The Hall–Kier alpha value is -3.47. The van der Waals surface area contributed by atoms with E-state index in [4.69, 9.17) is 5.21 Å². The number of nitrogens with one attached hydrogen (secondary N) is 1. The molecule has 2 amide bonds. The van der Waals surface area contributed by atoms with Crippen molar-refractivity contribution in [2.45, 2.75) is 6.36 Å². The van der Waals surface area contributed by atoms with Gasteiger partial charge in [0.25, 0.3) is 11.8 Å². The van der Waals surface area contributed by atoms with Crippen molar-refractivity contribution in [2.24, 2.45) is 5.10 Å². The molecule has 2 aromatic rings. The predicted molar refractivity (Wildman–Crippen MR) is 88.5 cm³/mol. The molecule has 0 saturated heterocycles. The summed E-state index contributed by atoms with van der Waals surface area (Å²) >= 11 is 0. The molecule has 2 aromatic carbocycles. The van der Waals surface area contributed by atoms with E-state index in [2.05, 4.69) is 9.84 Å². The van der Waals surface area contributed by atoms with Gasteiger partial charge in [-0.25, -0.2) is 14.9 Å². The lowest BCUT2D eigenvalue weighted by Crippen LogP contribution is -2.22. The van der Waals surface area contributed by atoms with Crippen LogP contribution >= 0.6 is 0 Å². The number of alkyl halides is 3. The van der Waals surface area contributed by atoms with E-state index in [0.29, 0.717) is 0 Å². The number of halogens is 4. The molecule has 11 heteroatoms. The summed E-state index contributed by atoms with van der Waals surface area (Å²) in [6.45, 7) is 0. The van der Waals surface area contributed by atoms with Crippen LogP contribution in [0.2, 0.25) is 0 Å². The molecule has 0 fully saturated rings. The highest BCUT2D eigenvalue weighted by Gasteiger charge is 2.31. The van der Waals surface area contributed by atoms with Gasteiger partial charge in [-0.3, -0.25) is 14.8 Å². The van der Waals surface area contributed by atoms with Gasteiger partial charge in [-0.05, 0) is 36.4 Å². The van der Waals surface area contributed by atoms with Crippen molar-refractivity contribution in [3.63, 3.8) is 0 Å². The van der Waals surface area contributed by atoms with Gasteiger partial charge in [-0.2, -0.15) is 5.10 Å². The van der Waals surface area contributed by atoms with Gasteiger partial charge < -0.3 is 4.74 Å². The van der Waals surface area contributed by atoms with Crippen LogP contribution < -0.4 is 10.2 Å². The zero-order valence-corrected chi connectivity index (χ0v) is 14.2. The van der Waals surface area contributed by atoms with Crippen LogP contribution in [0.3, 0.4) is 0 Å². The summed E-state index contributed by atoms with van der Waals surface area (Å²) in [6.07, 6.45) is -3.91. The number of hydrogen-bond donors (Lipinski definition) is 2. The number of rotatable bonds is 5. The van der Waals surface area contributed by atoms with Crippen LogP contribution in [0, 0.1) is 5.82 Å². The molecule has 0 aliphatic carbocycles. The first kappa shape index (κ1) is 20.8. The maximum Gasteiger partial charge on any atom is 0.573 e. The lowest BCUT2D eigenvalue weighted by atomic mass is 10.1. The third-order valence-electron chi connectivity index (χ3n) is 3.34. The Bertz CT molecular complexity index is 916. The average Bonchev–Trinajstić information content (AvgIpc) is 2.64. The summed E-state index contributed by atoms with van der Waals surface area (Å²) in [5, 5.41) is 13.0. The Morgan fingerprint density at radius 3 is 2.50 bits per heavy atom.